The maximum atomic E-state index is 13.3. The molecule has 1 aromatic heterocycles. The first-order valence-electron chi connectivity index (χ1n) is 11.6. The van der Waals surface area contributed by atoms with Gasteiger partial charge < -0.3 is 19.2 Å². The van der Waals surface area contributed by atoms with E-state index in [0.29, 0.717) is 28.6 Å². The van der Waals surface area contributed by atoms with E-state index >= 15 is 0 Å². The van der Waals surface area contributed by atoms with Gasteiger partial charge in [0.15, 0.2) is 0 Å². The number of carbonyl (C=O) groups is 2. The number of fused-ring (bicyclic) bond motifs is 1. The van der Waals surface area contributed by atoms with Crippen LogP contribution >= 0.6 is 31.9 Å². The minimum Gasteiger partial charge on any atom is -0.445 e. The van der Waals surface area contributed by atoms with Crippen LogP contribution in [0.5, 0.6) is 5.75 Å². The van der Waals surface area contributed by atoms with E-state index in [4.69, 9.17) is 13.9 Å². The molecule has 0 saturated carbocycles. The number of amides is 1. The Kier molecular flexibility index (Phi) is 9.73. The predicted molar refractivity (Wildman–Crippen MR) is 146 cm³/mol. The van der Waals surface area contributed by atoms with Gasteiger partial charge in [-0.15, -0.1) is 0 Å². The Hall–Kier alpha value is -2.65. The Labute approximate surface area is 226 Å². The normalized spacial score (nSPS) is 12.9. The second-order valence-corrected chi connectivity index (χ2v) is 10.9. The molecule has 36 heavy (non-hydrogen) atoms. The van der Waals surface area contributed by atoms with Gasteiger partial charge in [0, 0.05) is 27.2 Å². The molecular weight excluding hydrogens is 594 g/mol. The van der Waals surface area contributed by atoms with Crippen molar-refractivity contribution in [3.8, 4) is 5.75 Å². The van der Waals surface area contributed by atoms with Crippen LogP contribution in [0.2, 0.25) is 0 Å². The van der Waals surface area contributed by atoms with Crippen LogP contribution < -0.4 is 15.7 Å². The predicted octanol–water partition coefficient (Wildman–Crippen LogP) is 5.97. The number of hydrogen-bond acceptors (Lipinski definition) is 6. The summed E-state index contributed by atoms with van der Waals surface area (Å²) in [6.07, 6.45) is -0.159. The molecule has 0 spiro atoms. The average molecular weight is 623 g/mol. The van der Waals surface area contributed by atoms with Crippen LogP contribution in [0.25, 0.3) is 11.0 Å². The molecule has 0 aliphatic carbocycles. The van der Waals surface area contributed by atoms with Crippen LogP contribution in [0.3, 0.4) is 0 Å². The zero-order valence-electron chi connectivity index (χ0n) is 20.6. The van der Waals surface area contributed by atoms with Crippen LogP contribution in [0.1, 0.15) is 36.1 Å². The van der Waals surface area contributed by atoms with Crippen molar-refractivity contribution < 1.29 is 23.5 Å². The summed E-state index contributed by atoms with van der Waals surface area (Å²) in [6.45, 7) is 7.28. The Morgan fingerprint density at radius 3 is 2.44 bits per heavy atom. The first kappa shape index (κ1) is 27.9. The van der Waals surface area contributed by atoms with Crippen LogP contribution in [-0.2, 0) is 22.6 Å². The Morgan fingerprint density at radius 1 is 1.11 bits per heavy atom. The molecule has 9 heteroatoms. The minimum absolute atomic E-state index is 0.0785. The fraction of sp³-hybridized carbons (Fsp3) is 0.370. The topological polar surface area (TPSA) is 94.8 Å². The number of alkyl halides is 2. The highest BCUT2D eigenvalue weighted by Gasteiger charge is 2.29. The molecule has 0 fully saturated rings. The first-order chi connectivity index (χ1) is 17.1. The second-order valence-electron chi connectivity index (χ2n) is 8.92. The lowest BCUT2D eigenvalue weighted by atomic mass is 9.99. The Balaban J connectivity index is 1.88. The summed E-state index contributed by atoms with van der Waals surface area (Å²) in [5, 5.41) is 4.09. The van der Waals surface area contributed by atoms with Crippen molar-refractivity contribution >= 4 is 54.9 Å². The molecule has 1 unspecified atom stereocenters. The zero-order chi connectivity index (χ0) is 26.4. The number of esters is 1. The quantitative estimate of drug-likeness (QED) is 0.137. The number of nitrogens with one attached hydrogen (secondary N) is 1. The van der Waals surface area contributed by atoms with Gasteiger partial charge in [0.25, 0.3) is 0 Å². The maximum Gasteiger partial charge on any atom is 0.408 e. The third kappa shape index (κ3) is 6.97. The Morgan fingerprint density at radius 2 is 1.81 bits per heavy atom. The maximum absolute atomic E-state index is 13.3. The van der Waals surface area contributed by atoms with Crippen molar-refractivity contribution in [3.05, 3.63) is 75.1 Å². The standard InChI is InChI=1S/C27H29Br2NO6/c1-15(2)23(30-27(33)34-14-18-8-6-5-7-9-18)26(32)36-24-17(4)25-21(16(3)10-22(31)35-25)12-19(24)11-20(29)13-28/h5-10,12,15,20,23H,11,13-14H2,1-4H3,(H,30,33)/t20?,23-/m0/s1. The van der Waals surface area contributed by atoms with E-state index in [0.717, 1.165) is 22.1 Å². The SMILES string of the molecule is Cc1cc(=O)oc2c(C)c(OC(=O)[C@@H](NC(=O)OCc3ccccc3)C(C)C)c(CC(Br)CBr)cc12. The smallest absolute Gasteiger partial charge is 0.408 e. The molecule has 1 amide bonds. The van der Waals surface area contributed by atoms with Gasteiger partial charge in [-0.2, -0.15) is 0 Å². The molecule has 0 aliphatic rings. The molecule has 0 radical (unpaired) electrons. The molecule has 0 aliphatic heterocycles. The molecule has 0 saturated heterocycles. The molecule has 1 heterocycles. The van der Waals surface area contributed by atoms with Crippen LogP contribution in [0.4, 0.5) is 4.79 Å². The van der Waals surface area contributed by atoms with Crippen molar-refractivity contribution in [2.75, 3.05) is 5.33 Å². The van der Waals surface area contributed by atoms with Crippen molar-refractivity contribution in [1.29, 1.82) is 0 Å². The third-order valence-electron chi connectivity index (χ3n) is 5.72. The summed E-state index contributed by atoms with van der Waals surface area (Å²) in [7, 11) is 0. The highest BCUT2D eigenvalue weighted by Crippen LogP contribution is 2.34. The summed E-state index contributed by atoms with van der Waals surface area (Å²) in [6, 6.07) is 11.6. The van der Waals surface area contributed by atoms with E-state index in [1.54, 1.807) is 20.8 Å². The summed E-state index contributed by atoms with van der Waals surface area (Å²) >= 11 is 7.08. The van der Waals surface area contributed by atoms with E-state index in [2.05, 4.69) is 37.2 Å². The summed E-state index contributed by atoms with van der Waals surface area (Å²) < 4.78 is 16.6. The van der Waals surface area contributed by atoms with Crippen molar-refractivity contribution in [1.82, 2.24) is 5.32 Å². The first-order valence-corrected chi connectivity index (χ1v) is 13.6. The average Bonchev–Trinajstić information content (AvgIpc) is 2.84. The fourth-order valence-electron chi connectivity index (χ4n) is 3.80. The molecule has 3 rings (SSSR count). The van der Waals surface area contributed by atoms with Gasteiger partial charge >= 0.3 is 17.7 Å². The number of aryl methyl sites for hydroxylation is 2. The van der Waals surface area contributed by atoms with Crippen LogP contribution in [-0.4, -0.2) is 28.3 Å². The molecule has 7 nitrogen and oxygen atoms in total. The van der Waals surface area contributed by atoms with Crippen LogP contribution in [0.15, 0.2) is 51.7 Å². The number of ether oxygens (including phenoxy) is 2. The molecular formula is C27H29Br2NO6. The molecule has 2 atom stereocenters. The number of hydrogen-bond donors (Lipinski definition) is 1. The molecule has 2 aromatic carbocycles. The number of carbonyl (C=O) groups excluding carboxylic acids is 2. The zero-order valence-corrected chi connectivity index (χ0v) is 23.8. The minimum atomic E-state index is -0.948. The largest absolute Gasteiger partial charge is 0.445 e. The van der Waals surface area contributed by atoms with Gasteiger partial charge in [-0.3, -0.25) is 0 Å². The number of halogens is 2. The highest BCUT2D eigenvalue weighted by molar-refractivity contribution is 9.12. The van der Waals surface area contributed by atoms with E-state index < -0.39 is 23.7 Å². The van der Waals surface area contributed by atoms with Gasteiger partial charge in [0.2, 0.25) is 0 Å². The Bertz CT molecular complexity index is 1290. The molecule has 1 N–H and O–H groups in total. The fourth-order valence-corrected chi connectivity index (χ4v) is 4.38. The van der Waals surface area contributed by atoms with Gasteiger partial charge in [0.05, 0.1) is 0 Å². The summed E-state index contributed by atoms with van der Waals surface area (Å²) in [5.74, 6) is -0.584. The number of alkyl carbamates (subject to hydrolysis) is 1. The molecule has 3 aromatic rings. The van der Waals surface area contributed by atoms with E-state index in [9.17, 15) is 14.4 Å². The highest BCUT2D eigenvalue weighted by atomic mass is 79.9. The van der Waals surface area contributed by atoms with Crippen molar-refractivity contribution in [3.63, 3.8) is 0 Å². The lowest BCUT2D eigenvalue weighted by molar-refractivity contribution is -0.137. The van der Waals surface area contributed by atoms with Crippen molar-refractivity contribution in [2.45, 2.75) is 51.6 Å². The van der Waals surface area contributed by atoms with Crippen molar-refractivity contribution in [2.24, 2.45) is 5.92 Å². The number of benzene rings is 2. The molecule has 0 bridgehead atoms. The summed E-state index contributed by atoms with van der Waals surface area (Å²) in [4.78, 5) is 37.9. The van der Waals surface area contributed by atoms with E-state index in [1.165, 1.54) is 6.07 Å². The lowest BCUT2D eigenvalue weighted by Gasteiger charge is -2.23. The summed E-state index contributed by atoms with van der Waals surface area (Å²) in [5.41, 5.74) is 2.82. The molecule has 192 valence electrons. The monoisotopic (exact) mass is 621 g/mol. The van der Waals surface area contributed by atoms with Gasteiger partial charge in [-0.1, -0.05) is 76.0 Å². The lowest BCUT2D eigenvalue weighted by Crippen LogP contribution is -2.46. The van der Waals surface area contributed by atoms with Gasteiger partial charge in [-0.25, -0.2) is 14.4 Å². The van der Waals surface area contributed by atoms with Crippen LogP contribution in [0, 0.1) is 19.8 Å². The third-order valence-corrected chi connectivity index (χ3v) is 8.01. The number of rotatable bonds is 9. The second kappa shape index (κ2) is 12.5. The van der Waals surface area contributed by atoms with E-state index in [-0.39, 0.29) is 17.4 Å². The van der Waals surface area contributed by atoms with Gasteiger partial charge in [-0.05, 0) is 48.9 Å². The van der Waals surface area contributed by atoms with E-state index in [1.807, 2.05) is 43.3 Å². The van der Waals surface area contributed by atoms with Gasteiger partial charge in [0.1, 0.15) is 24.0 Å².